The number of carbonyl (C=O) groups is 2. The predicted octanol–water partition coefficient (Wildman–Crippen LogP) is 2.53. The van der Waals surface area contributed by atoms with Crippen molar-refractivity contribution < 1.29 is 23.8 Å². The van der Waals surface area contributed by atoms with Gasteiger partial charge in [-0.3, -0.25) is 0 Å². The zero-order valence-corrected chi connectivity index (χ0v) is 17.3. The Morgan fingerprint density at radius 1 is 1.10 bits per heavy atom. The third-order valence-electron chi connectivity index (χ3n) is 5.16. The average Bonchev–Trinajstić information content (AvgIpc) is 3.20. The highest BCUT2D eigenvalue weighted by atomic mass is 16.5. The largest absolute Gasteiger partial charge is 0.493 e. The number of nitrogens with zero attached hydrogens (tertiary/aromatic N) is 2. The number of fused-ring (bicyclic) bond motifs is 1. The van der Waals surface area contributed by atoms with Crippen molar-refractivity contribution in [3.8, 4) is 11.5 Å². The van der Waals surface area contributed by atoms with Crippen LogP contribution in [0.4, 0.5) is 4.79 Å². The second-order valence-electron chi connectivity index (χ2n) is 6.89. The molecule has 0 fully saturated rings. The first kappa shape index (κ1) is 20.3. The molecule has 2 N–H and O–H groups in total. The number of urea groups is 1. The molecule has 31 heavy (non-hydrogen) atoms. The number of allylic oxidation sites excluding steroid dienone is 1. The summed E-state index contributed by atoms with van der Waals surface area (Å²) in [5, 5.41) is 5.56. The standard InChI is InChI=1S/C22H22N4O5/c1-29-17-9-8-13(10-18(17)30-2)20-19(21(27)31-3)15(24-22(28)25-20)11-26-12-23-14-6-4-5-7-16(14)26/h4-10,12,20H,11H2,1-3H3,(H2,24,25,28)/t20-/m0/s1. The maximum absolute atomic E-state index is 12.8. The maximum Gasteiger partial charge on any atom is 0.338 e. The first-order chi connectivity index (χ1) is 15.0. The topological polar surface area (TPSA) is 104 Å². The summed E-state index contributed by atoms with van der Waals surface area (Å²) < 4.78 is 17.6. The zero-order valence-electron chi connectivity index (χ0n) is 17.3. The lowest BCUT2D eigenvalue weighted by Crippen LogP contribution is -2.46. The smallest absolute Gasteiger partial charge is 0.338 e. The van der Waals surface area contributed by atoms with E-state index in [4.69, 9.17) is 14.2 Å². The van der Waals surface area contributed by atoms with Crippen molar-refractivity contribution in [3.05, 3.63) is 65.6 Å². The van der Waals surface area contributed by atoms with Crippen LogP contribution in [0, 0.1) is 0 Å². The van der Waals surface area contributed by atoms with Crippen molar-refractivity contribution in [1.82, 2.24) is 20.2 Å². The zero-order chi connectivity index (χ0) is 22.0. The van der Waals surface area contributed by atoms with E-state index in [9.17, 15) is 9.59 Å². The molecule has 9 nitrogen and oxygen atoms in total. The molecule has 0 saturated heterocycles. The second kappa shape index (κ2) is 8.39. The quantitative estimate of drug-likeness (QED) is 0.592. The minimum absolute atomic E-state index is 0.238. The van der Waals surface area contributed by atoms with E-state index in [1.54, 1.807) is 24.5 Å². The number of hydrogen-bond donors (Lipinski definition) is 2. The van der Waals surface area contributed by atoms with Gasteiger partial charge in [0.15, 0.2) is 11.5 Å². The van der Waals surface area contributed by atoms with E-state index in [1.165, 1.54) is 21.3 Å². The van der Waals surface area contributed by atoms with E-state index >= 15 is 0 Å². The van der Waals surface area contributed by atoms with Crippen LogP contribution in [-0.4, -0.2) is 42.9 Å². The fourth-order valence-corrected chi connectivity index (χ4v) is 3.68. The monoisotopic (exact) mass is 422 g/mol. The van der Waals surface area contributed by atoms with Gasteiger partial charge >= 0.3 is 12.0 Å². The van der Waals surface area contributed by atoms with Crippen LogP contribution in [0.25, 0.3) is 11.0 Å². The molecule has 2 heterocycles. The number of rotatable bonds is 6. The van der Waals surface area contributed by atoms with E-state index in [0.717, 1.165) is 11.0 Å². The normalized spacial score (nSPS) is 16.0. The number of carbonyl (C=O) groups excluding carboxylic acids is 2. The van der Waals surface area contributed by atoms with Gasteiger partial charge in [-0.25, -0.2) is 14.6 Å². The lowest BCUT2D eigenvalue weighted by atomic mass is 9.94. The van der Waals surface area contributed by atoms with Crippen LogP contribution in [0.5, 0.6) is 11.5 Å². The van der Waals surface area contributed by atoms with Gasteiger partial charge in [-0.05, 0) is 29.8 Å². The minimum atomic E-state index is -0.731. The highest BCUT2D eigenvalue weighted by Gasteiger charge is 2.34. The molecule has 0 saturated carbocycles. The Morgan fingerprint density at radius 3 is 2.61 bits per heavy atom. The van der Waals surface area contributed by atoms with E-state index < -0.39 is 18.0 Å². The van der Waals surface area contributed by atoms with E-state index in [-0.39, 0.29) is 6.54 Å². The first-order valence-corrected chi connectivity index (χ1v) is 9.56. The van der Waals surface area contributed by atoms with Crippen molar-refractivity contribution in [1.29, 1.82) is 0 Å². The number of amides is 2. The number of hydrogen-bond acceptors (Lipinski definition) is 6. The van der Waals surface area contributed by atoms with Gasteiger partial charge < -0.3 is 29.4 Å². The Labute approximate surface area is 178 Å². The van der Waals surface area contributed by atoms with Crippen molar-refractivity contribution in [3.63, 3.8) is 0 Å². The molecule has 0 bridgehead atoms. The Morgan fingerprint density at radius 2 is 1.87 bits per heavy atom. The molecule has 3 aromatic rings. The van der Waals surface area contributed by atoms with Crippen molar-refractivity contribution in [2.24, 2.45) is 0 Å². The molecule has 4 rings (SSSR count). The SMILES string of the molecule is COC(=O)C1=C(Cn2cnc3ccccc32)NC(=O)N[C@H]1c1ccc(OC)c(OC)c1. The number of nitrogens with one attached hydrogen (secondary N) is 2. The molecule has 0 spiro atoms. The van der Waals surface area contributed by atoms with Gasteiger partial charge in [0.25, 0.3) is 0 Å². The number of methoxy groups -OCH3 is 3. The Kier molecular flexibility index (Phi) is 5.48. The van der Waals surface area contributed by atoms with Crippen LogP contribution < -0.4 is 20.1 Å². The van der Waals surface area contributed by atoms with Crippen LogP contribution in [0.15, 0.2) is 60.1 Å². The number of esters is 1. The first-order valence-electron chi connectivity index (χ1n) is 9.56. The molecular weight excluding hydrogens is 400 g/mol. The molecular formula is C22H22N4O5. The summed E-state index contributed by atoms with van der Waals surface area (Å²) in [7, 11) is 4.37. The molecule has 0 unspecified atom stereocenters. The third-order valence-corrected chi connectivity index (χ3v) is 5.16. The highest BCUT2D eigenvalue weighted by molar-refractivity contribution is 5.95. The summed E-state index contributed by atoms with van der Waals surface area (Å²) in [5.74, 6) is 0.478. The van der Waals surface area contributed by atoms with Gasteiger partial charge in [-0.1, -0.05) is 18.2 Å². The average molecular weight is 422 g/mol. The number of benzene rings is 2. The molecule has 1 atom stereocenters. The van der Waals surface area contributed by atoms with Gasteiger partial charge in [0.05, 0.1) is 62.5 Å². The fourth-order valence-electron chi connectivity index (χ4n) is 3.68. The lowest BCUT2D eigenvalue weighted by Gasteiger charge is -2.29. The van der Waals surface area contributed by atoms with Gasteiger partial charge in [0.2, 0.25) is 0 Å². The molecule has 9 heteroatoms. The Balaban J connectivity index is 1.81. The molecule has 1 aromatic heterocycles. The summed E-state index contributed by atoms with van der Waals surface area (Å²) in [6, 6.07) is 11.7. The Hall–Kier alpha value is -4.01. The third kappa shape index (κ3) is 3.77. The van der Waals surface area contributed by atoms with Gasteiger partial charge in [-0.2, -0.15) is 0 Å². The van der Waals surface area contributed by atoms with Crippen LogP contribution >= 0.6 is 0 Å². The van der Waals surface area contributed by atoms with Crippen molar-refractivity contribution in [2.75, 3.05) is 21.3 Å². The lowest BCUT2D eigenvalue weighted by molar-refractivity contribution is -0.136. The van der Waals surface area contributed by atoms with Crippen LogP contribution in [0.1, 0.15) is 11.6 Å². The molecule has 1 aliphatic heterocycles. The highest BCUT2D eigenvalue weighted by Crippen LogP contribution is 2.34. The van der Waals surface area contributed by atoms with E-state index in [1.807, 2.05) is 28.8 Å². The summed E-state index contributed by atoms with van der Waals surface area (Å²) in [6.45, 7) is 0.238. The maximum atomic E-state index is 12.8. The Bertz CT molecular complexity index is 1180. The van der Waals surface area contributed by atoms with Gasteiger partial charge in [0, 0.05) is 0 Å². The summed E-state index contributed by atoms with van der Waals surface area (Å²) in [4.78, 5) is 29.7. The summed E-state index contributed by atoms with van der Waals surface area (Å²) in [5.41, 5.74) is 3.08. The van der Waals surface area contributed by atoms with Crippen LogP contribution in [0.2, 0.25) is 0 Å². The number of aromatic nitrogens is 2. The van der Waals surface area contributed by atoms with Gasteiger partial charge in [0.1, 0.15) is 0 Å². The van der Waals surface area contributed by atoms with E-state index in [0.29, 0.717) is 28.3 Å². The molecule has 0 radical (unpaired) electrons. The molecule has 160 valence electrons. The molecule has 0 aliphatic carbocycles. The minimum Gasteiger partial charge on any atom is -0.493 e. The van der Waals surface area contributed by atoms with E-state index in [2.05, 4.69) is 15.6 Å². The number of imidazole rings is 1. The molecule has 2 aromatic carbocycles. The molecule has 2 amide bonds. The molecule has 1 aliphatic rings. The van der Waals surface area contributed by atoms with Crippen molar-refractivity contribution in [2.45, 2.75) is 12.6 Å². The summed E-state index contributed by atoms with van der Waals surface area (Å²) in [6.07, 6.45) is 1.67. The predicted molar refractivity (Wildman–Crippen MR) is 113 cm³/mol. The van der Waals surface area contributed by atoms with Crippen molar-refractivity contribution >= 4 is 23.0 Å². The number of ether oxygens (including phenoxy) is 3. The van der Waals surface area contributed by atoms with Crippen LogP contribution in [-0.2, 0) is 16.1 Å². The van der Waals surface area contributed by atoms with Crippen LogP contribution in [0.3, 0.4) is 0 Å². The summed E-state index contributed by atoms with van der Waals surface area (Å²) >= 11 is 0. The van der Waals surface area contributed by atoms with Gasteiger partial charge in [-0.15, -0.1) is 0 Å². The number of para-hydroxylation sites is 2. The second-order valence-corrected chi connectivity index (χ2v) is 6.89. The fraction of sp³-hybridized carbons (Fsp3) is 0.227.